The van der Waals surface area contributed by atoms with Crippen LogP contribution in [0.4, 0.5) is 0 Å². The van der Waals surface area contributed by atoms with Gasteiger partial charge in [0, 0.05) is 4.69 Å². The second-order valence-corrected chi connectivity index (χ2v) is 4.44. The smallest absolute Gasteiger partial charge is 0.375 e. The van der Waals surface area contributed by atoms with Gasteiger partial charge in [0.2, 0.25) is 0 Å². The number of para-hydroxylation sites is 1. The molecule has 14 heavy (non-hydrogen) atoms. The van der Waals surface area contributed by atoms with Gasteiger partial charge in [0.1, 0.15) is 5.75 Å². The molecular weight excluding hydrogens is 229 g/mol. The Morgan fingerprint density at radius 3 is 2.57 bits per heavy atom. The van der Waals surface area contributed by atoms with E-state index in [1.807, 2.05) is 0 Å². The van der Waals surface area contributed by atoms with Crippen molar-refractivity contribution >= 4 is 20.3 Å². The summed E-state index contributed by atoms with van der Waals surface area (Å²) in [6, 6.07) is 8.15. The highest BCUT2D eigenvalue weighted by Crippen LogP contribution is 2.35. The van der Waals surface area contributed by atoms with Gasteiger partial charge in [-0.2, -0.15) is 0 Å². The van der Waals surface area contributed by atoms with Crippen molar-refractivity contribution in [2.45, 2.75) is 4.99 Å². The van der Waals surface area contributed by atoms with Crippen LogP contribution in [0.25, 0.3) is 0 Å². The molecule has 0 amide bonds. The van der Waals surface area contributed by atoms with Gasteiger partial charge in [0.05, 0.1) is 0 Å². The van der Waals surface area contributed by atoms with Crippen molar-refractivity contribution in [1.82, 2.24) is 0 Å². The Hall–Kier alpha value is -0.900. The van der Waals surface area contributed by atoms with E-state index < -0.39 is 18.4 Å². The fourth-order valence-electron chi connectivity index (χ4n) is 0.780. The summed E-state index contributed by atoms with van der Waals surface area (Å²) in [6.07, 6.45) is 0. The van der Waals surface area contributed by atoms with E-state index >= 15 is 0 Å². The van der Waals surface area contributed by atoms with Gasteiger partial charge in [-0.25, -0.2) is 0 Å². The Morgan fingerprint density at radius 1 is 1.50 bits per heavy atom. The third-order valence-corrected chi connectivity index (χ3v) is 2.12. The Bertz CT molecular complexity index is 319. The lowest BCUT2D eigenvalue weighted by atomic mass is 10.3. The summed E-state index contributed by atoms with van der Waals surface area (Å²) in [5.41, 5.74) is 0. The summed E-state index contributed by atoms with van der Waals surface area (Å²) in [5.74, 6) is 0.277. The highest BCUT2D eigenvalue weighted by Gasteiger charge is 2.34. The number of nitrogens with zero attached hydrogens (tertiary/aromatic N) is 1. The van der Waals surface area contributed by atoms with Crippen LogP contribution in [0.15, 0.2) is 30.3 Å². The molecule has 0 saturated carbocycles. The number of alkyl halides is 1. The first-order valence-corrected chi connectivity index (χ1v) is 4.90. The maximum atomic E-state index is 10.1. The normalized spacial score (nSPS) is 15.3. The van der Waals surface area contributed by atoms with E-state index in [9.17, 15) is 15.2 Å². The number of hydrogen-bond acceptors (Lipinski definition) is 4. The summed E-state index contributed by atoms with van der Waals surface area (Å²) in [4.78, 5) is 7.83. The highest BCUT2D eigenvalue weighted by atomic mass is 35.5. The summed E-state index contributed by atoms with van der Waals surface area (Å²) in [6.45, 7) is 0. The standard InChI is InChI=1S/C7H7ClNO4P/c8-7(10,14-9(11)12)13-6-4-2-1-3-5-6/h1-5,10,14H. The fourth-order valence-corrected chi connectivity index (χ4v) is 1.46. The molecule has 0 aliphatic carbocycles. The third kappa shape index (κ3) is 3.87. The Labute approximate surface area is 86.6 Å². The average Bonchev–Trinajstić information content (AvgIpc) is 2.02. The van der Waals surface area contributed by atoms with Gasteiger partial charge in [-0.15, -0.1) is 0 Å². The van der Waals surface area contributed by atoms with Crippen LogP contribution in [0.2, 0.25) is 0 Å². The molecule has 0 aliphatic rings. The zero-order valence-corrected chi connectivity index (χ0v) is 8.64. The van der Waals surface area contributed by atoms with E-state index in [1.54, 1.807) is 18.2 Å². The van der Waals surface area contributed by atoms with Crippen molar-refractivity contribution in [1.29, 1.82) is 0 Å². The minimum Gasteiger partial charge on any atom is -0.441 e. The molecule has 1 aromatic rings. The predicted molar refractivity (Wildman–Crippen MR) is 53.2 cm³/mol. The summed E-state index contributed by atoms with van der Waals surface area (Å²) >= 11 is 5.37. The number of ether oxygens (including phenoxy) is 1. The van der Waals surface area contributed by atoms with E-state index in [2.05, 4.69) is 0 Å². The maximum absolute atomic E-state index is 10.1. The lowest BCUT2D eigenvalue weighted by Gasteiger charge is -2.16. The van der Waals surface area contributed by atoms with Crippen LogP contribution in [-0.4, -0.2) is 14.8 Å². The molecular formula is C7H7ClNO4P. The minimum absolute atomic E-state index is 0.277. The molecule has 0 spiro atoms. The summed E-state index contributed by atoms with van der Waals surface area (Å²) < 4.78 is 4.08. The molecule has 0 heterocycles. The van der Waals surface area contributed by atoms with E-state index in [4.69, 9.17) is 16.3 Å². The van der Waals surface area contributed by atoms with Crippen LogP contribution < -0.4 is 4.74 Å². The molecule has 1 N–H and O–H groups in total. The molecule has 0 fully saturated rings. The molecule has 7 heteroatoms. The van der Waals surface area contributed by atoms with Crippen molar-refractivity contribution in [2.75, 3.05) is 0 Å². The van der Waals surface area contributed by atoms with E-state index in [1.165, 1.54) is 12.1 Å². The molecule has 0 aromatic heterocycles. The lowest BCUT2D eigenvalue weighted by molar-refractivity contribution is -0.305. The van der Waals surface area contributed by atoms with Crippen LogP contribution in [0, 0.1) is 10.1 Å². The summed E-state index contributed by atoms with van der Waals surface area (Å²) in [7, 11) is -1.14. The van der Waals surface area contributed by atoms with Gasteiger partial charge in [-0.05, 0) is 23.7 Å². The molecule has 2 atom stereocenters. The van der Waals surface area contributed by atoms with Crippen LogP contribution in [0.3, 0.4) is 0 Å². The van der Waals surface area contributed by atoms with Crippen LogP contribution in [-0.2, 0) is 0 Å². The van der Waals surface area contributed by atoms with Gasteiger partial charge in [-0.1, -0.05) is 18.2 Å². The third-order valence-electron chi connectivity index (χ3n) is 1.23. The zero-order chi connectivity index (χ0) is 10.6. The van der Waals surface area contributed by atoms with Crippen LogP contribution >= 0.6 is 20.3 Å². The molecule has 2 unspecified atom stereocenters. The van der Waals surface area contributed by atoms with E-state index in [-0.39, 0.29) is 5.75 Å². The second-order valence-electron chi connectivity index (χ2n) is 2.35. The zero-order valence-electron chi connectivity index (χ0n) is 6.88. The molecule has 1 rings (SSSR count). The van der Waals surface area contributed by atoms with Crippen molar-refractivity contribution in [3.63, 3.8) is 0 Å². The quantitative estimate of drug-likeness (QED) is 0.284. The Kier molecular flexibility index (Phi) is 3.63. The number of hydrogen-bond donors (Lipinski definition) is 1. The van der Waals surface area contributed by atoms with Crippen molar-refractivity contribution in [3.8, 4) is 5.75 Å². The van der Waals surface area contributed by atoms with Gasteiger partial charge < -0.3 is 9.84 Å². The molecule has 0 saturated heterocycles. The first kappa shape index (κ1) is 11.2. The van der Waals surface area contributed by atoms with Crippen molar-refractivity contribution in [3.05, 3.63) is 40.4 Å². The number of nitro groups is 1. The number of rotatable bonds is 4. The van der Waals surface area contributed by atoms with Gasteiger partial charge in [0.25, 0.3) is 0 Å². The number of aliphatic hydroxyl groups is 1. The second kappa shape index (κ2) is 4.55. The predicted octanol–water partition coefficient (Wildman–Crippen LogP) is 1.78. The van der Waals surface area contributed by atoms with Gasteiger partial charge >= 0.3 is 13.7 Å². The Morgan fingerprint density at radius 2 is 2.07 bits per heavy atom. The molecule has 1 aromatic carbocycles. The van der Waals surface area contributed by atoms with Gasteiger partial charge in [0.15, 0.2) is 0 Å². The van der Waals surface area contributed by atoms with Gasteiger partial charge in [-0.3, -0.25) is 10.1 Å². The first-order valence-electron chi connectivity index (χ1n) is 3.57. The topological polar surface area (TPSA) is 72.6 Å². The largest absolute Gasteiger partial charge is 0.441 e. The maximum Gasteiger partial charge on any atom is 0.375 e. The Balaban J connectivity index is 2.63. The fraction of sp³-hybridized carbons (Fsp3) is 0.143. The molecule has 0 bridgehead atoms. The number of halogens is 1. The molecule has 0 aliphatic heterocycles. The molecule has 0 radical (unpaired) electrons. The first-order chi connectivity index (χ1) is 6.49. The van der Waals surface area contributed by atoms with Crippen molar-refractivity contribution in [2.24, 2.45) is 0 Å². The van der Waals surface area contributed by atoms with E-state index in [0.29, 0.717) is 0 Å². The average molecular weight is 236 g/mol. The minimum atomic E-state index is -2.27. The number of benzene rings is 1. The lowest BCUT2D eigenvalue weighted by Crippen LogP contribution is -2.24. The summed E-state index contributed by atoms with van der Waals surface area (Å²) in [5, 5.41) is 19.4. The highest BCUT2D eigenvalue weighted by molar-refractivity contribution is 7.35. The molecule has 5 nitrogen and oxygen atoms in total. The van der Waals surface area contributed by atoms with E-state index in [0.717, 1.165) is 0 Å². The van der Waals surface area contributed by atoms with Crippen molar-refractivity contribution < 1.29 is 14.5 Å². The SMILES string of the molecule is O=[N+]([O-])PC(O)(Cl)Oc1ccccc1. The molecule has 76 valence electrons. The van der Waals surface area contributed by atoms with Crippen LogP contribution in [0.1, 0.15) is 0 Å². The monoisotopic (exact) mass is 235 g/mol. The van der Waals surface area contributed by atoms with Crippen LogP contribution in [0.5, 0.6) is 5.75 Å².